The van der Waals surface area contributed by atoms with Gasteiger partial charge >= 0.3 is 6.18 Å². The highest BCUT2D eigenvalue weighted by molar-refractivity contribution is 5.92. The van der Waals surface area contributed by atoms with E-state index < -0.39 is 18.6 Å². The van der Waals surface area contributed by atoms with E-state index in [1.165, 1.54) is 19.3 Å². The lowest BCUT2D eigenvalue weighted by atomic mass is 10.2. The fraction of sp³-hybridized carbons (Fsp3) is 0.267. The molecule has 6 heteroatoms. The van der Waals surface area contributed by atoms with Crippen molar-refractivity contribution in [2.75, 3.05) is 20.2 Å². The van der Waals surface area contributed by atoms with Crippen LogP contribution in [0.2, 0.25) is 0 Å². The van der Waals surface area contributed by atoms with E-state index in [1.54, 1.807) is 24.3 Å². The van der Waals surface area contributed by atoms with E-state index in [0.29, 0.717) is 16.2 Å². The molecule has 3 nitrogen and oxygen atoms in total. The molecule has 1 aromatic carbocycles. The summed E-state index contributed by atoms with van der Waals surface area (Å²) in [6.07, 6.45) is -0.682. The Morgan fingerprint density at radius 1 is 1.38 bits per heavy atom. The highest BCUT2D eigenvalue weighted by Crippen LogP contribution is 2.20. The van der Waals surface area contributed by atoms with Crippen LogP contribution in [-0.4, -0.2) is 37.2 Å². The molecule has 0 aliphatic carbocycles. The van der Waals surface area contributed by atoms with Crippen molar-refractivity contribution < 1.29 is 22.7 Å². The molecule has 0 N–H and O–H groups in total. The van der Waals surface area contributed by atoms with Crippen molar-refractivity contribution >= 4 is 12.0 Å². The molecule has 0 aliphatic rings. The third-order valence-electron chi connectivity index (χ3n) is 2.58. The Kier molecular flexibility index (Phi) is 6.02. The van der Waals surface area contributed by atoms with Gasteiger partial charge in [-0.3, -0.25) is 4.79 Å². The first-order chi connectivity index (χ1) is 9.87. The molecule has 0 bridgehead atoms. The summed E-state index contributed by atoms with van der Waals surface area (Å²) in [7, 11) is 1.47. The lowest BCUT2D eigenvalue weighted by molar-refractivity contribution is -0.157. The molecule has 0 radical (unpaired) electrons. The van der Waals surface area contributed by atoms with Crippen molar-refractivity contribution in [1.29, 1.82) is 0 Å². The Hall–Kier alpha value is -2.24. The summed E-state index contributed by atoms with van der Waals surface area (Å²) in [4.78, 5) is 12.5. The normalized spacial score (nSPS) is 11.4. The summed E-state index contributed by atoms with van der Waals surface area (Å²) in [5.74, 6) is -0.203. The third-order valence-corrected chi connectivity index (χ3v) is 2.58. The van der Waals surface area contributed by atoms with Gasteiger partial charge < -0.3 is 9.64 Å². The zero-order valence-corrected chi connectivity index (χ0v) is 11.6. The summed E-state index contributed by atoms with van der Waals surface area (Å²) >= 11 is 0. The van der Waals surface area contributed by atoms with Gasteiger partial charge in [0.25, 0.3) is 0 Å². The number of hydrogen-bond donors (Lipinski definition) is 0. The Morgan fingerprint density at radius 2 is 2.05 bits per heavy atom. The Balaban J connectivity index is 2.85. The lowest BCUT2D eigenvalue weighted by Crippen LogP contribution is -2.38. The maximum atomic E-state index is 12.4. The number of carbonyl (C=O) groups is 1. The van der Waals surface area contributed by atoms with Crippen molar-refractivity contribution in [3.8, 4) is 5.75 Å². The van der Waals surface area contributed by atoms with Gasteiger partial charge in [-0.25, -0.2) is 0 Å². The number of ether oxygens (including phenoxy) is 1. The first-order valence-electron chi connectivity index (χ1n) is 6.15. The van der Waals surface area contributed by atoms with Crippen LogP contribution in [0.4, 0.5) is 13.2 Å². The summed E-state index contributed by atoms with van der Waals surface area (Å²) in [5, 5.41) is 0. The fourth-order valence-electron chi connectivity index (χ4n) is 1.68. The SMILES string of the molecule is C=CCN(CC(F)(F)F)C(=O)/C=C/c1ccccc1OC. The summed E-state index contributed by atoms with van der Waals surface area (Å²) in [6.45, 7) is 1.87. The molecule has 0 heterocycles. The number of methoxy groups -OCH3 is 1. The van der Waals surface area contributed by atoms with Gasteiger partial charge in [0.05, 0.1) is 7.11 Å². The Labute approximate surface area is 121 Å². The van der Waals surface area contributed by atoms with Crippen LogP contribution in [0.25, 0.3) is 6.08 Å². The third kappa shape index (κ3) is 5.72. The number of hydrogen-bond acceptors (Lipinski definition) is 2. The van der Waals surface area contributed by atoms with E-state index in [-0.39, 0.29) is 6.54 Å². The highest BCUT2D eigenvalue weighted by atomic mass is 19.4. The molecule has 0 saturated heterocycles. The van der Waals surface area contributed by atoms with Crippen molar-refractivity contribution in [3.63, 3.8) is 0 Å². The number of carbonyl (C=O) groups excluding carboxylic acids is 1. The predicted octanol–water partition coefficient (Wildman–Crippen LogP) is 3.29. The van der Waals surface area contributed by atoms with E-state index in [4.69, 9.17) is 4.74 Å². The van der Waals surface area contributed by atoms with E-state index in [1.807, 2.05) is 0 Å². The predicted molar refractivity (Wildman–Crippen MR) is 74.9 cm³/mol. The molecule has 1 aromatic rings. The van der Waals surface area contributed by atoms with E-state index in [9.17, 15) is 18.0 Å². The first-order valence-corrected chi connectivity index (χ1v) is 6.15. The molecule has 21 heavy (non-hydrogen) atoms. The van der Waals surface area contributed by atoms with Crippen LogP contribution >= 0.6 is 0 Å². The molecule has 0 aromatic heterocycles. The maximum absolute atomic E-state index is 12.4. The lowest BCUT2D eigenvalue weighted by Gasteiger charge is -2.20. The van der Waals surface area contributed by atoms with Gasteiger partial charge in [-0.05, 0) is 12.1 Å². The summed E-state index contributed by atoms with van der Waals surface area (Å²) in [5.41, 5.74) is 0.610. The van der Waals surface area contributed by atoms with Crippen LogP contribution in [0.1, 0.15) is 5.56 Å². The molecule has 1 amide bonds. The molecular weight excluding hydrogens is 283 g/mol. The van der Waals surface area contributed by atoms with E-state index in [0.717, 1.165) is 6.08 Å². The standard InChI is InChI=1S/C15H16F3NO2/c1-3-10-19(11-15(16,17)18)14(20)9-8-12-6-4-5-7-13(12)21-2/h3-9H,1,10-11H2,2H3/b9-8+. The first kappa shape index (κ1) is 16.8. The van der Waals surface area contributed by atoms with Gasteiger partial charge in [0.15, 0.2) is 0 Å². The van der Waals surface area contributed by atoms with Crippen LogP contribution in [0, 0.1) is 0 Å². The average Bonchev–Trinajstić information content (AvgIpc) is 2.43. The number of amides is 1. The quantitative estimate of drug-likeness (QED) is 0.596. The smallest absolute Gasteiger partial charge is 0.406 e. The van der Waals surface area contributed by atoms with Crippen molar-refractivity contribution in [3.05, 3.63) is 48.6 Å². The number of alkyl halides is 3. The van der Waals surface area contributed by atoms with Crippen LogP contribution < -0.4 is 4.74 Å². The number of benzene rings is 1. The van der Waals surface area contributed by atoms with Crippen LogP contribution in [0.3, 0.4) is 0 Å². The second-order valence-corrected chi connectivity index (χ2v) is 4.20. The molecular formula is C15H16F3NO2. The minimum absolute atomic E-state index is 0.172. The topological polar surface area (TPSA) is 29.5 Å². The molecule has 114 valence electrons. The Morgan fingerprint density at radius 3 is 2.62 bits per heavy atom. The molecule has 0 fully saturated rings. The van der Waals surface area contributed by atoms with Crippen molar-refractivity contribution in [2.24, 2.45) is 0 Å². The largest absolute Gasteiger partial charge is 0.496 e. The van der Waals surface area contributed by atoms with Crippen molar-refractivity contribution in [1.82, 2.24) is 4.90 Å². The minimum Gasteiger partial charge on any atom is -0.496 e. The van der Waals surface area contributed by atoms with Gasteiger partial charge in [-0.15, -0.1) is 6.58 Å². The van der Waals surface area contributed by atoms with E-state index >= 15 is 0 Å². The van der Waals surface area contributed by atoms with Crippen LogP contribution in [0.5, 0.6) is 5.75 Å². The molecule has 0 spiro atoms. The zero-order valence-electron chi connectivity index (χ0n) is 11.6. The van der Waals surface area contributed by atoms with Crippen LogP contribution in [0.15, 0.2) is 43.0 Å². The monoisotopic (exact) mass is 299 g/mol. The second-order valence-electron chi connectivity index (χ2n) is 4.20. The molecule has 1 rings (SSSR count). The highest BCUT2D eigenvalue weighted by Gasteiger charge is 2.31. The van der Waals surface area contributed by atoms with E-state index in [2.05, 4.69) is 6.58 Å². The molecule has 0 atom stereocenters. The second kappa shape index (κ2) is 7.52. The fourth-order valence-corrected chi connectivity index (χ4v) is 1.68. The summed E-state index contributed by atoms with van der Waals surface area (Å²) < 4.78 is 42.3. The van der Waals surface area contributed by atoms with Crippen LogP contribution in [-0.2, 0) is 4.79 Å². The minimum atomic E-state index is -4.45. The average molecular weight is 299 g/mol. The van der Waals surface area contributed by atoms with Gasteiger partial charge in [0.1, 0.15) is 12.3 Å². The number of halogens is 3. The molecule has 0 saturated carbocycles. The van der Waals surface area contributed by atoms with Gasteiger partial charge in [0.2, 0.25) is 5.91 Å². The van der Waals surface area contributed by atoms with Gasteiger partial charge in [0, 0.05) is 18.2 Å². The zero-order chi connectivity index (χ0) is 15.9. The van der Waals surface area contributed by atoms with Gasteiger partial charge in [-0.1, -0.05) is 24.3 Å². The summed E-state index contributed by atoms with van der Waals surface area (Å²) in [6, 6.07) is 6.89. The molecule has 0 aliphatic heterocycles. The number of para-hydroxylation sites is 1. The number of nitrogens with zero attached hydrogens (tertiary/aromatic N) is 1. The molecule has 0 unspecified atom stereocenters. The van der Waals surface area contributed by atoms with Crippen molar-refractivity contribution in [2.45, 2.75) is 6.18 Å². The Bertz CT molecular complexity index is 524. The van der Waals surface area contributed by atoms with Gasteiger partial charge in [-0.2, -0.15) is 13.2 Å². The number of rotatable bonds is 6. The maximum Gasteiger partial charge on any atom is 0.406 e.